The van der Waals surface area contributed by atoms with Crippen LogP contribution in [0, 0.1) is 0 Å². The molecule has 0 spiro atoms. The number of nitrogens with one attached hydrogen (secondary N) is 1. The number of rotatable bonds is 5. The van der Waals surface area contributed by atoms with Crippen molar-refractivity contribution in [3.63, 3.8) is 0 Å². The molecule has 1 heterocycles. The Balaban J connectivity index is 1.78. The third kappa shape index (κ3) is 4.43. The topological polar surface area (TPSA) is 61.6 Å². The Kier molecular flexibility index (Phi) is 6.26. The normalized spacial score (nSPS) is 24.5. The van der Waals surface area contributed by atoms with E-state index in [1.165, 1.54) is 12.8 Å². The van der Waals surface area contributed by atoms with Crippen molar-refractivity contribution in [1.82, 2.24) is 15.1 Å². The molecule has 1 unspecified atom stereocenters. The van der Waals surface area contributed by atoms with Crippen LogP contribution in [0.5, 0.6) is 0 Å². The monoisotopic (exact) mass is 282 g/mol. The molecule has 3 N–H and O–H groups in total. The number of nitrogens with two attached hydrogens (primary N) is 1. The van der Waals surface area contributed by atoms with Crippen molar-refractivity contribution in [3.8, 4) is 0 Å². The summed E-state index contributed by atoms with van der Waals surface area (Å²) >= 11 is 0. The molecular formula is C15H30N4O. The fourth-order valence-corrected chi connectivity index (χ4v) is 3.34. The number of hydrogen-bond acceptors (Lipinski definition) is 4. The Labute approximate surface area is 122 Å². The molecule has 0 bridgehead atoms. The van der Waals surface area contributed by atoms with Gasteiger partial charge in [-0.3, -0.25) is 9.69 Å². The van der Waals surface area contributed by atoms with Crippen LogP contribution in [0.1, 0.15) is 39.0 Å². The van der Waals surface area contributed by atoms with Gasteiger partial charge in [0.2, 0.25) is 5.91 Å². The summed E-state index contributed by atoms with van der Waals surface area (Å²) in [4.78, 5) is 17.1. The number of carbonyl (C=O) groups is 1. The highest BCUT2D eigenvalue weighted by molar-refractivity contribution is 5.81. The zero-order chi connectivity index (χ0) is 14.4. The Bertz CT molecular complexity index is 304. The van der Waals surface area contributed by atoms with Crippen molar-refractivity contribution in [2.45, 2.75) is 51.1 Å². The molecule has 1 aliphatic carbocycles. The van der Waals surface area contributed by atoms with Crippen LogP contribution in [0.15, 0.2) is 0 Å². The second-order valence-electron chi connectivity index (χ2n) is 6.19. The lowest BCUT2D eigenvalue weighted by Gasteiger charge is -2.28. The fourth-order valence-electron chi connectivity index (χ4n) is 3.34. The van der Waals surface area contributed by atoms with Gasteiger partial charge in [-0.15, -0.1) is 0 Å². The first-order valence-corrected chi connectivity index (χ1v) is 8.17. The van der Waals surface area contributed by atoms with Gasteiger partial charge in [0.05, 0.1) is 6.04 Å². The number of amides is 1. The summed E-state index contributed by atoms with van der Waals surface area (Å²) in [6.45, 7) is 7.85. The van der Waals surface area contributed by atoms with Crippen LogP contribution in [-0.4, -0.2) is 67.1 Å². The van der Waals surface area contributed by atoms with Crippen LogP contribution < -0.4 is 11.1 Å². The van der Waals surface area contributed by atoms with Gasteiger partial charge in [-0.2, -0.15) is 0 Å². The summed E-state index contributed by atoms with van der Waals surface area (Å²) in [5.74, 6) is 0.212. The van der Waals surface area contributed by atoms with Gasteiger partial charge in [-0.05, 0) is 32.7 Å². The molecule has 1 aliphatic heterocycles. The maximum Gasteiger partial charge on any atom is 0.237 e. The first kappa shape index (κ1) is 15.7. The maximum atomic E-state index is 12.3. The molecule has 20 heavy (non-hydrogen) atoms. The summed E-state index contributed by atoms with van der Waals surface area (Å²) in [7, 11) is 0. The second-order valence-corrected chi connectivity index (χ2v) is 6.19. The predicted molar refractivity (Wildman–Crippen MR) is 81.5 cm³/mol. The smallest absolute Gasteiger partial charge is 0.237 e. The van der Waals surface area contributed by atoms with Gasteiger partial charge in [0.15, 0.2) is 0 Å². The SMILES string of the molecule is CC(C(=O)NC1CCCC1)N1CCCN(CCN)CC1. The third-order valence-electron chi connectivity index (χ3n) is 4.70. The number of hydrogen-bond donors (Lipinski definition) is 2. The van der Waals surface area contributed by atoms with E-state index in [0.29, 0.717) is 6.04 Å². The van der Waals surface area contributed by atoms with Gasteiger partial charge in [-0.25, -0.2) is 0 Å². The molecule has 2 fully saturated rings. The molecular weight excluding hydrogens is 252 g/mol. The summed E-state index contributed by atoms with van der Waals surface area (Å²) in [6, 6.07) is 0.416. The fraction of sp³-hybridized carbons (Fsp3) is 0.933. The average Bonchev–Trinajstić information content (AvgIpc) is 2.83. The zero-order valence-electron chi connectivity index (χ0n) is 12.8. The molecule has 5 heteroatoms. The Hall–Kier alpha value is -0.650. The van der Waals surface area contributed by atoms with E-state index in [1.807, 2.05) is 6.92 Å². The van der Waals surface area contributed by atoms with Gasteiger partial charge in [0.1, 0.15) is 0 Å². The van der Waals surface area contributed by atoms with Crippen molar-refractivity contribution in [1.29, 1.82) is 0 Å². The van der Waals surface area contributed by atoms with E-state index in [2.05, 4.69) is 15.1 Å². The summed E-state index contributed by atoms with van der Waals surface area (Å²) in [5.41, 5.74) is 5.63. The van der Waals surface area contributed by atoms with Crippen LogP contribution in [0.4, 0.5) is 0 Å². The third-order valence-corrected chi connectivity index (χ3v) is 4.70. The second kappa shape index (κ2) is 7.96. The summed E-state index contributed by atoms with van der Waals surface area (Å²) < 4.78 is 0. The minimum Gasteiger partial charge on any atom is -0.352 e. The van der Waals surface area contributed by atoms with E-state index >= 15 is 0 Å². The van der Waals surface area contributed by atoms with Gasteiger partial charge in [0.25, 0.3) is 0 Å². The van der Waals surface area contributed by atoms with Gasteiger partial charge in [0, 0.05) is 38.8 Å². The van der Waals surface area contributed by atoms with Gasteiger partial charge < -0.3 is 16.0 Å². The summed E-state index contributed by atoms with van der Waals surface area (Å²) in [5, 5.41) is 3.22. The van der Waals surface area contributed by atoms with E-state index in [1.54, 1.807) is 0 Å². The van der Waals surface area contributed by atoms with E-state index in [0.717, 1.165) is 58.5 Å². The molecule has 116 valence electrons. The first-order chi connectivity index (χ1) is 9.70. The lowest BCUT2D eigenvalue weighted by Crippen LogP contribution is -2.48. The Morgan fingerprint density at radius 2 is 1.95 bits per heavy atom. The quantitative estimate of drug-likeness (QED) is 0.766. The number of nitrogens with zero attached hydrogens (tertiary/aromatic N) is 2. The molecule has 1 saturated heterocycles. The summed E-state index contributed by atoms with van der Waals surface area (Å²) in [6.07, 6.45) is 5.96. The number of carbonyl (C=O) groups excluding carboxylic acids is 1. The van der Waals surface area contributed by atoms with E-state index in [9.17, 15) is 4.79 Å². The first-order valence-electron chi connectivity index (χ1n) is 8.17. The van der Waals surface area contributed by atoms with E-state index in [-0.39, 0.29) is 11.9 Å². The highest BCUT2D eigenvalue weighted by Gasteiger charge is 2.26. The van der Waals surface area contributed by atoms with E-state index < -0.39 is 0 Å². The standard InChI is InChI=1S/C15H30N4O/c1-13(15(20)17-14-5-2-3-6-14)19-9-4-8-18(10-7-16)11-12-19/h13-14H,2-12,16H2,1H3,(H,17,20). The molecule has 0 aromatic carbocycles. The Morgan fingerprint density at radius 1 is 1.20 bits per heavy atom. The molecule has 1 amide bonds. The Morgan fingerprint density at radius 3 is 2.65 bits per heavy atom. The van der Waals surface area contributed by atoms with Crippen LogP contribution in [0.2, 0.25) is 0 Å². The zero-order valence-corrected chi connectivity index (χ0v) is 12.8. The molecule has 2 aliphatic rings. The van der Waals surface area contributed by atoms with Crippen molar-refractivity contribution in [3.05, 3.63) is 0 Å². The van der Waals surface area contributed by atoms with Crippen molar-refractivity contribution >= 4 is 5.91 Å². The van der Waals surface area contributed by atoms with Crippen LogP contribution >= 0.6 is 0 Å². The highest BCUT2D eigenvalue weighted by Crippen LogP contribution is 2.18. The predicted octanol–water partition coefficient (Wildman–Crippen LogP) is 0.400. The van der Waals surface area contributed by atoms with Crippen LogP contribution in [-0.2, 0) is 4.79 Å². The van der Waals surface area contributed by atoms with Gasteiger partial charge in [-0.1, -0.05) is 12.8 Å². The molecule has 2 rings (SSSR count). The van der Waals surface area contributed by atoms with Crippen molar-refractivity contribution in [2.24, 2.45) is 5.73 Å². The molecule has 1 saturated carbocycles. The lowest BCUT2D eigenvalue weighted by molar-refractivity contribution is -0.126. The molecule has 0 radical (unpaired) electrons. The highest BCUT2D eigenvalue weighted by atomic mass is 16.2. The molecule has 1 atom stereocenters. The van der Waals surface area contributed by atoms with E-state index in [4.69, 9.17) is 5.73 Å². The lowest BCUT2D eigenvalue weighted by atomic mass is 10.2. The van der Waals surface area contributed by atoms with Gasteiger partial charge >= 0.3 is 0 Å². The minimum atomic E-state index is -0.00609. The molecule has 5 nitrogen and oxygen atoms in total. The molecule has 0 aromatic heterocycles. The minimum absolute atomic E-state index is 0.00609. The van der Waals surface area contributed by atoms with Crippen molar-refractivity contribution in [2.75, 3.05) is 39.3 Å². The maximum absolute atomic E-state index is 12.3. The average molecular weight is 282 g/mol. The van der Waals surface area contributed by atoms with Crippen LogP contribution in [0.3, 0.4) is 0 Å². The molecule has 0 aromatic rings. The largest absolute Gasteiger partial charge is 0.352 e. The van der Waals surface area contributed by atoms with Crippen molar-refractivity contribution < 1.29 is 4.79 Å². The van der Waals surface area contributed by atoms with Crippen LogP contribution in [0.25, 0.3) is 0 Å².